The molecule has 0 amide bonds. The molecule has 0 radical (unpaired) electrons. The first-order chi connectivity index (χ1) is 10.0. The number of hydrogen-bond acceptors (Lipinski definition) is 4. The molecule has 0 atom stereocenters. The van der Waals surface area contributed by atoms with E-state index in [2.05, 4.69) is 15.1 Å². The number of rotatable bonds is 4. The molecule has 0 bridgehead atoms. The first kappa shape index (κ1) is 15.0. The van der Waals surface area contributed by atoms with Crippen molar-refractivity contribution in [2.24, 2.45) is 10.9 Å². The molecule has 110 valence electrons. The molecule has 0 aliphatic heterocycles. The summed E-state index contributed by atoms with van der Waals surface area (Å²) in [6.07, 6.45) is 1.51. The third-order valence-electron chi connectivity index (χ3n) is 2.60. The van der Waals surface area contributed by atoms with Crippen LogP contribution in [0.4, 0.5) is 4.39 Å². The summed E-state index contributed by atoms with van der Waals surface area (Å²) in [7, 11) is 0. The lowest BCUT2D eigenvalue weighted by atomic mass is 10.2. The summed E-state index contributed by atoms with van der Waals surface area (Å²) in [6.45, 7) is 2.41. The van der Waals surface area contributed by atoms with Gasteiger partial charge in [0.1, 0.15) is 5.82 Å². The second-order valence-corrected chi connectivity index (χ2v) is 4.45. The van der Waals surface area contributed by atoms with Crippen LogP contribution in [0, 0.1) is 5.82 Å². The Hall–Kier alpha value is -2.41. The van der Waals surface area contributed by atoms with E-state index in [0.29, 0.717) is 12.1 Å². The fraction of sp³-hybridized carbons (Fsp3) is 0.154. The van der Waals surface area contributed by atoms with E-state index in [4.69, 9.17) is 17.3 Å². The smallest absolute Gasteiger partial charge is 0.380 e. The van der Waals surface area contributed by atoms with Gasteiger partial charge < -0.3 is 10.6 Å². The van der Waals surface area contributed by atoms with Crippen molar-refractivity contribution in [3.63, 3.8) is 0 Å². The summed E-state index contributed by atoms with van der Waals surface area (Å²) in [5, 5.41) is 7.60. The van der Waals surface area contributed by atoms with Gasteiger partial charge in [0, 0.05) is 18.3 Å². The number of hydrogen-bond donors (Lipinski definition) is 1. The largest absolute Gasteiger partial charge is 0.387 e. The highest BCUT2D eigenvalue weighted by Gasteiger charge is 2.17. The van der Waals surface area contributed by atoms with Crippen molar-refractivity contribution < 1.29 is 14.0 Å². The maximum absolute atomic E-state index is 12.8. The van der Waals surface area contributed by atoms with Crippen molar-refractivity contribution in [1.82, 2.24) is 9.78 Å². The third-order valence-corrected chi connectivity index (χ3v) is 2.88. The van der Waals surface area contributed by atoms with E-state index in [1.807, 2.05) is 6.92 Å². The summed E-state index contributed by atoms with van der Waals surface area (Å²) < 4.78 is 14.3. The molecule has 1 heterocycles. The predicted molar refractivity (Wildman–Crippen MR) is 75.5 cm³/mol. The lowest BCUT2D eigenvalue weighted by Gasteiger charge is -2.00. The summed E-state index contributed by atoms with van der Waals surface area (Å²) in [5.74, 6) is -1.29. The molecular weight excluding hydrogens is 299 g/mol. The van der Waals surface area contributed by atoms with Crippen molar-refractivity contribution in [2.75, 3.05) is 0 Å². The minimum Gasteiger partial charge on any atom is -0.380 e. The standard InChI is InChI=1S/C13H12ClFN4O2/c1-2-19-7-10(14)11(17-19)13(20)21-18-12(16)8-3-5-9(15)6-4-8/h3-7H,2H2,1H3,(H2,16,18). The predicted octanol–water partition coefficient (Wildman–Crippen LogP) is 2.17. The Morgan fingerprint density at radius 1 is 1.48 bits per heavy atom. The zero-order valence-electron chi connectivity index (χ0n) is 11.1. The van der Waals surface area contributed by atoms with Crippen LogP contribution in [-0.2, 0) is 11.4 Å². The number of benzene rings is 1. The van der Waals surface area contributed by atoms with Crippen molar-refractivity contribution >= 4 is 23.4 Å². The molecule has 1 aromatic carbocycles. The first-order valence-corrected chi connectivity index (χ1v) is 6.42. The van der Waals surface area contributed by atoms with Gasteiger partial charge in [0.25, 0.3) is 0 Å². The Bertz CT molecular complexity index is 682. The fourth-order valence-corrected chi connectivity index (χ4v) is 1.73. The Morgan fingerprint density at radius 2 is 2.14 bits per heavy atom. The number of aromatic nitrogens is 2. The molecular formula is C13H12ClFN4O2. The van der Waals surface area contributed by atoms with Crippen LogP contribution < -0.4 is 5.73 Å². The van der Waals surface area contributed by atoms with Crippen molar-refractivity contribution in [1.29, 1.82) is 0 Å². The van der Waals surface area contributed by atoms with Crippen molar-refractivity contribution in [3.8, 4) is 0 Å². The molecule has 0 fully saturated rings. The minimum atomic E-state index is -0.822. The maximum Gasteiger partial charge on any atom is 0.387 e. The Morgan fingerprint density at radius 3 is 2.71 bits per heavy atom. The summed E-state index contributed by atoms with van der Waals surface area (Å²) >= 11 is 5.86. The van der Waals surface area contributed by atoms with Gasteiger partial charge in [0.2, 0.25) is 0 Å². The van der Waals surface area contributed by atoms with Gasteiger partial charge in [-0.25, -0.2) is 9.18 Å². The molecule has 0 unspecified atom stereocenters. The quantitative estimate of drug-likeness (QED) is 0.406. The molecule has 2 N–H and O–H groups in total. The van der Waals surface area contributed by atoms with Gasteiger partial charge in [-0.15, -0.1) is 0 Å². The molecule has 21 heavy (non-hydrogen) atoms. The average Bonchev–Trinajstić information content (AvgIpc) is 2.86. The van der Waals surface area contributed by atoms with Gasteiger partial charge in [-0.1, -0.05) is 16.8 Å². The van der Waals surface area contributed by atoms with Crippen LogP contribution in [0.5, 0.6) is 0 Å². The summed E-state index contributed by atoms with van der Waals surface area (Å²) in [5.41, 5.74) is 6.01. The van der Waals surface area contributed by atoms with E-state index in [0.717, 1.165) is 0 Å². The number of halogens is 2. The van der Waals surface area contributed by atoms with E-state index in [1.54, 1.807) is 0 Å². The Labute approximate surface area is 124 Å². The highest BCUT2D eigenvalue weighted by atomic mass is 35.5. The monoisotopic (exact) mass is 310 g/mol. The summed E-state index contributed by atoms with van der Waals surface area (Å²) in [4.78, 5) is 16.5. The van der Waals surface area contributed by atoms with Gasteiger partial charge >= 0.3 is 5.97 Å². The fourth-order valence-electron chi connectivity index (χ4n) is 1.50. The topological polar surface area (TPSA) is 82.5 Å². The number of carbonyl (C=O) groups is 1. The average molecular weight is 311 g/mol. The highest BCUT2D eigenvalue weighted by molar-refractivity contribution is 6.33. The molecule has 0 aliphatic rings. The zero-order chi connectivity index (χ0) is 15.4. The molecule has 0 saturated carbocycles. The second kappa shape index (κ2) is 6.36. The first-order valence-electron chi connectivity index (χ1n) is 6.05. The van der Waals surface area contributed by atoms with E-state index in [-0.39, 0.29) is 16.6 Å². The lowest BCUT2D eigenvalue weighted by molar-refractivity contribution is 0.0508. The molecule has 2 aromatic rings. The van der Waals surface area contributed by atoms with Crippen LogP contribution in [-0.4, -0.2) is 21.6 Å². The van der Waals surface area contributed by atoms with E-state index in [9.17, 15) is 9.18 Å². The SMILES string of the molecule is CCn1cc(Cl)c(C(=O)O/N=C(\N)c2ccc(F)cc2)n1. The van der Waals surface area contributed by atoms with Crippen LogP contribution in [0.15, 0.2) is 35.6 Å². The zero-order valence-corrected chi connectivity index (χ0v) is 11.8. The van der Waals surface area contributed by atoms with Crippen LogP contribution in [0.25, 0.3) is 0 Å². The van der Waals surface area contributed by atoms with Gasteiger partial charge in [-0.3, -0.25) is 4.68 Å². The van der Waals surface area contributed by atoms with E-state index in [1.165, 1.54) is 35.1 Å². The second-order valence-electron chi connectivity index (χ2n) is 4.04. The van der Waals surface area contributed by atoms with Gasteiger partial charge in [0.05, 0.1) is 5.02 Å². The molecule has 1 aromatic heterocycles. The number of oxime groups is 1. The number of nitrogens with two attached hydrogens (primary N) is 1. The molecule has 2 rings (SSSR count). The van der Waals surface area contributed by atoms with Crippen LogP contribution in [0.1, 0.15) is 23.0 Å². The number of nitrogens with zero attached hydrogens (tertiary/aromatic N) is 3. The van der Waals surface area contributed by atoms with Crippen LogP contribution in [0.2, 0.25) is 5.02 Å². The number of amidine groups is 1. The van der Waals surface area contributed by atoms with Crippen molar-refractivity contribution in [2.45, 2.75) is 13.5 Å². The van der Waals surface area contributed by atoms with Gasteiger partial charge in [-0.05, 0) is 31.2 Å². The van der Waals surface area contributed by atoms with Gasteiger partial charge in [-0.2, -0.15) is 5.10 Å². The molecule has 0 aliphatic carbocycles. The third kappa shape index (κ3) is 3.57. The van der Waals surface area contributed by atoms with Gasteiger partial charge in [0.15, 0.2) is 11.5 Å². The Kier molecular flexibility index (Phi) is 4.54. The van der Waals surface area contributed by atoms with Crippen LogP contribution in [0.3, 0.4) is 0 Å². The number of aryl methyl sites for hydroxylation is 1. The highest BCUT2D eigenvalue weighted by Crippen LogP contribution is 2.15. The molecule has 6 nitrogen and oxygen atoms in total. The maximum atomic E-state index is 12.8. The van der Waals surface area contributed by atoms with E-state index >= 15 is 0 Å². The van der Waals surface area contributed by atoms with E-state index < -0.39 is 11.8 Å². The molecule has 0 spiro atoms. The molecule has 0 saturated heterocycles. The van der Waals surface area contributed by atoms with Crippen LogP contribution >= 0.6 is 11.6 Å². The minimum absolute atomic E-state index is 0.0471. The lowest BCUT2D eigenvalue weighted by Crippen LogP contribution is -2.15. The van der Waals surface area contributed by atoms with Crippen molar-refractivity contribution in [3.05, 3.63) is 52.6 Å². The normalized spacial score (nSPS) is 11.5. The number of carbonyl (C=O) groups excluding carboxylic acids is 1. The summed E-state index contributed by atoms with van der Waals surface area (Å²) in [6, 6.07) is 5.28. The molecule has 8 heteroatoms. The Balaban J connectivity index is 2.10.